The van der Waals surface area contributed by atoms with Crippen LogP contribution in [0, 0.1) is 0 Å². The fourth-order valence-electron chi connectivity index (χ4n) is 1.35. The van der Waals surface area contributed by atoms with Gasteiger partial charge in [0.2, 0.25) is 0 Å². The van der Waals surface area contributed by atoms with Crippen molar-refractivity contribution in [3.05, 3.63) is 0 Å². The lowest BCUT2D eigenvalue weighted by molar-refractivity contribution is 0.579. The van der Waals surface area contributed by atoms with Crippen molar-refractivity contribution in [2.24, 2.45) is 4.36 Å². The molecule has 0 heterocycles. The SMILES string of the molecule is CCCCCCCCCCN=S=O. The van der Waals surface area contributed by atoms with Crippen molar-refractivity contribution in [1.29, 1.82) is 0 Å². The Morgan fingerprint density at radius 3 is 2.00 bits per heavy atom. The van der Waals surface area contributed by atoms with Crippen LogP contribution in [-0.2, 0) is 11.5 Å². The Bertz CT molecular complexity index is 144. The van der Waals surface area contributed by atoms with Crippen LogP contribution in [0.25, 0.3) is 0 Å². The summed E-state index contributed by atoms with van der Waals surface area (Å²) in [4.78, 5) is 0. The Morgan fingerprint density at radius 2 is 1.46 bits per heavy atom. The summed E-state index contributed by atoms with van der Waals surface area (Å²) in [6.07, 6.45) is 10.4. The standard InChI is InChI=1S/C10H21NOS/c1-2-3-4-5-6-7-8-9-10-11-13-12/h2-10H2,1H3. The first-order chi connectivity index (χ1) is 6.41. The molecule has 0 bridgehead atoms. The zero-order chi connectivity index (χ0) is 9.78. The lowest BCUT2D eigenvalue weighted by atomic mass is 10.1. The first-order valence-electron chi connectivity index (χ1n) is 5.37. The van der Waals surface area contributed by atoms with Crippen LogP contribution in [0.15, 0.2) is 4.36 Å². The highest BCUT2D eigenvalue weighted by atomic mass is 32.1. The normalized spacial score (nSPS) is 9.92. The van der Waals surface area contributed by atoms with Crippen molar-refractivity contribution in [3.63, 3.8) is 0 Å². The van der Waals surface area contributed by atoms with Gasteiger partial charge in [0.05, 0.1) is 6.54 Å². The molecule has 0 aliphatic rings. The second kappa shape index (κ2) is 11.8. The molecule has 0 unspecified atom stereocenters. The fourth-order valence-corrected chi connectivity index (χ4v) is 1.55. The van der Waals surface area contributed by atoms with Crippen LogP contribution in [0.5, 0.6) is 0 Å². The molecular formula is C10H21NOS. The van der Waals surface area contributed by atoms with Gasteiger partial charge in [-0.25, -0.2) is 0 Å². The molecule has 0 saturated carbocycles. The summed E-state index contributed by atoms with van der Waals surface area (Å²) < 4.78 is 13.6. The lowest BCUT2D eigenvalue weighted by Crippen LogP contribution is -1.82. The van der Waals surface area contributed by atoms with E-state index in [1.165, 1.54) is 44.9 Å². The second-order valence-corrected chi connectivity index (χ2v) is 3.81. The molecule has 0 fully saturated rings. The average Bonchev–Trinajstić information content (AvgIpc) is 2.16. The van der Waals surface area contributed by atoms with Gasteiger partial charge in [0.25, 0.3) is 0 Å². The van der Waals surface area contributed by atoms with Crippen molar-refractivity contribution in [2.75, 3.05) is 6.54 Å². The Hall–Kier alpha value is -0.180. The predicted molar refractivity (Wildman–Crippen MR) is 58.0 cm³/mol. The highest BCUT2D eigenvalue weighted by molar-refractivity contribution is 7.54. The zero-order valence-electron chi connectivity index (χ0n) is 8.63. The van der Waals surface area contributed by atoms with Gasteiger partial charge in [0.15, 0.2) is 11.5 Å². The van der Waals surface area contributed by atoms with Crippen molar-refractivity contribution in [1.82, 2.24) is 0 Å². The summed E-state index contributed by atoms with van der Waals surface area (Å²) in [5.41, 5.74) is 0. The average molecular weight is 203 g/mol. The van der Waals surface area contributed by atoms with E-state index in [0.717, 1.165) is 13.0 Å². The van der Waals surface area contributed by atoms with Crippen LogP contribution in [0.2, 0.25) is 0 Å². The van der Waals surface area contributed by atoms with Crippen LogP contribution < -0.4 is 0 Å². The number of rotatable bonds is 9. The van der Waals surface area contributed by atoms with Gasteiger partial charge in [0.1, 0.15) is 0 Å². The molecule has 2 nitrogen and oxygen atoms in total. The van der Waals surface area contributed by atoms with E-state index >= 15 is 0 Å². The van der Waals surface area contributed by atoms with Crippen LogP contribution >= 0.6 is 0 Å². The van der Waals surface area contributed by atoms with Crippen molar-refractivity contribution < 1.29 is 4.21 Å². The lowest BCUT2D eigenvalue weighted by Gasteiger charge is -1.98. The fraction of sp³-hybridized carbons (Fsp3) is 1.00. The molecule has 0 N–H and O–H groups in total. The quantitative estimate of drug-likeness (QED) is 0.527. The van der Waals surface area contributed by atoms with E-state index in [2.05, 4.69) is 11.3 Å². The number of hydrogen-bond donors (Lipinski definition) is 0. The third kappa shape index (κ3) is 11.8. The first-order valence-corrected chi connectivity index (χ1v) is 6.07. The van der Waals surface area contributed by atoms with Gasteiger partial charge in [-0.2, -0.15) is 8.57 Å². The Morgan fingerprint density at radius 1 is 0.923 bits per heavy atom. The van der Waals surface area contributed by atoms with Crippen LogP contribution in [0.3, 0.4) is 0 Å². The van der Waals surface area contributed by atoms with E-state index in [1.54, 1.807) is 0 Å². The molecule has 0 rings (SSSR count). The molecule has 13 heavy (non-hydrogen) atoms. The monoisotopic (exact) mass is 203 g/mol. The van der Waals surface area contributed by atoms with E-state index in [4.69, 9.17) is 0 Å². The van der Waals surface area contributed by atoms with Crippen molar-refractivity contribution >= 4 is 11.5 Å². The van der Waals surface area contributed by atoms with E-state index in [1.807, 2.05) is 0 Å². The van der Waals surface area contributed by atoms with E-state index < -0.39 is 0 Å². The maximum Gasteiger partial charge on any atom is 0.199 e. The maximum absolute atomic E-state index is 9.89. The summed E-state index contributed by atoms with van der Waals surface area (Å²) in [5.74, 6) is 0. The van der Waals surface area contributed by atoms with Gasteiger partial charge in [-0.3, -0.25) is 0 Å². The summed E-state index contributed by atoms with van der Waals surface area (Å²) in [6.45, 7) is 2.98. The van der Waals surface area contributed by atoms with E-state index in [-0.39, 0.29) is 0 Å². The third-order valence-corrected chi connectivity index (χ3v) is 2.44. The van der Waals surface area contributed by atoms with Gasteiger partial charge >= 0.3 is 0 Å². The molecule has 78 valence electrons. The number of nitrogens with zero attached hydrogens (tertiary/aromatic N) is 1. The number of unbranched alkanes of at least 4 members (excludes halogenated alkanes) is 7. The zero-order valence-corrected chi connectivity index (χ0v) is 9.44. The molecule has 0 aliphatic heterocycles. The van der Waals surface area contributed by atoms with Gasteiger partial charge in [-0.15, -0.1) is 0 Å². The van der Waals surface area contributed by atoms with Crippen molar-refractivity contribution in [2.45, 2.75) is 58.3 Å². The van der Waals surface area contributed by atoms with Crippen LogP contribution in [0.1, 0.15) is 58.3 Å². The molecule has 3 heteroatoms. The van der Waals surface area contributed by atoms with Gasteiger partial charge in [-0.1, -0.05) is 51.9 Å². The topological polar surface area (TPSA) is 29.4 Å². The maximum atomic E-state index is 9.89. The summed E-state index contributed by atoms with van der Waals surface area (Å²) >= 11 is 0.352. The third-order valence-electron chi connectivity index (χ3n) is 2.16. The second-order valence-electron chi connectivity index (χ2n) is 3.40. The summed E-state index contributed by atoms with van der Waals surface area (Å²) in [6, 6.07) is 0. The molecule has 0 atom stereocenters. The van der Waals surface area contributed by atoms with Crippen LogP contribution in [-0.4, -0.2) is 10.8 Å². The van der Waals surface area contributed by atoms with E-state index in [0.29, 0.717) is 11.5 Å². The molecule has 0 saturated heterocycles. The molecule has 0 aliphatic carbocycles. The molecule has 0 spiro atoms. The summed E-state index contributed by atoms with van der Waals surface area (Å²) in [5, 5.41) is 0. The Kier molecular flexibility index (Phi) is 11.7. The van der Waals surface area contributed by atoms with Gasteiger partial charge < -0.3 is 0 Å². The van der Waals surface area contributed by atoms with E-state index in [9.17, 15) is 4.21 Å². The molecular weight excluding hydrogens is 182 g/mol. The highest BCUT2D eigenvalue weighted by Gasteiger charge is 1.90. The minimum absolute atomic E-state index is 0.352. The Balaban J connectivity index is 2.87. The predicted octanol–water partition coefficient (Wildman–Crippen LogP) is 3.52. The molecule has 0 aromatic rings. The molecule has 0 aromatic carbocycles. The highest BCUT2D eigenvalue weighted by Crippen LogP contribution is 2.07. The largest absolute Gasteiger partial charge is 0.199 e. The molecule has 0 aromatic heterocycles. The minimum atomic E-state index is 0.352. The Labute approximate surface area is 85.4 Å². The van der Waals surface area contributed by atoms with Gasteiger partial charge in [-0.05, 0) is 6.42 Å². The first kappa shape index (κ1) is 12.8. The number of hydrogen-bond acceptors (Lipinski definition) is 2. The minimum Gasteiger partial charge on any atom is -0.194 e. The van der Waals surface area contributed by atoms with Crippen molar-refractivity contribution in [3.8, 4) is 0 Å². The van der Waals surface area contributed by atoms with Gasteiger partial charge in [0, 0.05) is 0 Å². The van der Waals surface area contributed by atoms with Crippen LogP contribution in [0.4, 0.5) is 0 Å². The molecule has 0 amide bonds. The molecule has 0 radical (unpaired) electrons. The summed E-state index contributed by atoms with van der Waals surface area (Å²) in [7, 11) is 0. The smallest absolute Gasteiger partial charge is 0.194 e.